The lowest BCUT2D eigenvalue weighted by Gasteiger charge is -2.47. The van der Waals surface area contributed by atoms with Crippen LogP contribution in [-0.4, -0.2) is 29.5 Å². The van der Waals surface area contributed by atoms with Crippen molar-refractivity contribution in [2.24, 2.45) is 11.3 Å². The minimum Gasteiger partial charge on any atom is -0.295 e. The Balaban J connectivity index is 2.98. The van der Waals surface area contributed by atoms with Gasteiger partial charge in [0.1, 0.15) is 0 Å². The molecule has 1 nitrogen and oxygen atoms in total. The minimum atomic E-state index is -2.17. The van der Waals surface area contributed by atoms with E-state index >= 15 is 0 Å². The quantitative estimate of drug-likeness (QED) is 0.668. The van der Waals surface area contributed by atoms with E-state index < -0.39 is 12.3 Å². The summed E-state index contributed by atoms with van der Waals surface area (Å²) in [6.45, 7) is 14.0. The first-order chi connectivity index (χ1) is 8.03. The topological polar surface area (TPSA) is 3.24 Å². The third kappa shape index (κ3) is 3.91. The molecule has 0 N–H and O–H groups in total. The summed E-state index contributed by atoms with van der Waals surface area (Å²) in [7, 11) is 0. The number of likely N-dealkylation sites (tertiary alicyclic amines) is 1. The smallest absolute Gasteiger partial charge is 0.241 e. The standard InChI is InChI=1S/C15H29F2N/c1-14(2,3)12-10-11(13(16)17)8-7-9-18(12)15(4,5)6/h11-13H,7-10H2,1-6H3. The van der Waals surface area contributed by atoms with Crippen LogP contribution in [0.15, 0.2) is 0 Å². The average molecular weight is 261 g/mol. The van der Waals surface area contributed by atoms with E-state index in [9.17, 15) is 8.78 Å². The Bertz CT molecular complexity index is 263. The van der Waals surface area contributed by atoms with Crippen LogP contribution >= 0.6 is 0 Å². The predicted octanol–water partition coefficient (Wildman–Crippen LogP) is 4.57. The molecule has 1 fully saturated rings. The van der Waals surface area contributed by atoms with Crippen LogP contribution in [0.25, 0.3) is 0 Å². The van der Waals surface area contributed by atoms with Crippen molar-refractivity contribution >= 4 is 0 Å². The number of hydrogen-bond donors (Lipinski definition) is 0. The fraction of sp³-hybridized carbons (Fsp3) is 1.00. The zero-order valence-electron chi connectivity index (χ0n) is 12.8. The van der Waals surface area contributed by atoms with Gasteiger partial charge in [0.05, 0.1) is 0 Å². The molecule has 0 bridgehead atoms. The highest BCUT2D eigenvalue weighted by molar-refractivity contribution is 4.93. The highest BCUT2D eigenvalue weighted by Crippen LogP contribution is 2.38. The molecule has 0 spiro atoms. The Labute approximate surface area is 111 Å². The van der Waals surface area contributed by atoms with Crippen molar-refractivity contribution in [3.05, 3.63) is 0 Å². The van der Waals surface area contributed by atoms with E-state index in [2.05, 4.69) is 46.4 Å². The van der Waals surface area contributed by atoms with Crippen molar-refractivity contribution in [3.8, 4) is 0 Å². The molecule has 18 heavy (non-hydrogen) atoms. The highest BCUT2D eigenvalue weighted by atomic mass is 19.3. The number of halogens is 2. The summed E-state index contributed by atoms with van der Waals surface area (Å²) in [6, 6.07) is 0.235. The van der Waals surface area contributed by atoms with Gasteiger partial charge in [-0.2, -0.15) is 0 Å². The number of rotatable bonds is 1. The molecule has 1 rings (SSSR count). The zero-order chi connectivity index (χ0) is 14.1. The first kappa shape index (κ1) is 15.9. The molecule has 1 aliphatic rings. The van der Waals surface area contributed by atoms with Crippen LogP contribution < -0.4 is 0 Å². The summed E-state index contributed by atoms with van der Waals surface area (Å²) in [5, 5.41) is 0. The van der Waals surface area contributed by atoms with Crippen LogP contribution in [0.1, 0.15) is 60.8 Å². The van der Waals surface area contributed by atoms with Gasteiger partial charge in [-0.05, 0) is 52.0 Å². The molecule has 1 aliphatic heterocycles. The van der Waals surface area contributed by atoms with Crippen molar-refractivity contribution in [2.75, 3.05) is 6.54 Å². The van der Waals surface area contributed by atoms with E-state index in [1.54, 1.807) is 0 Å². The normalized spacial score (nSPS) is 28.5. The van der Waals surface area contributed by atoms with Crippen molar-refractivity contribution in [2.45, 2.75) is 78.8 Å². The fourth-order valence-corrected chi connectivity index (χ4v) is 3.06. The summed E-state index contributed by atoms with van der Waals surface area (Å²) in [5.41, 5.74) is 0.0969. The number of nitrogens with zero attached hydrogens (tertiary/aromatic N) is 1. The Kier molecular flexibility index (Phi) is 4.80. The van der Waals surface area contributed by atoms with Crippen LogP contribution in [0.2, 0.25) is 0 Å². The molecule has 2 atom stereocenters. The molecule has 0 aliphatic carbocycles. The Hall–Kier alpha value is -0.180. The van der Waals surface area contributed by atoms with Gasteiger partial charge in [-0.1, -0.05) is 20.8 Å². The summed E-state index contributed by atoms with van der Waals surface area (Å²) < 4.78 is 26.1. The maximum atomic E-state index is 13.1. The van der Waals surface area contributed by atoms with E-state index in [-0.39, 0.29) is 17.0 Å². The van der Waals surface area contributed by atoms with Crippen molar-refractivity contribution in [1.29, 1.82) is 0 Å². The summed E-state index contributed by atoms with van der Waals surface area (Å²) in [6.07, 6.45) is 0.00321. The molecule has 0 amide bonds. The molecule has 2 unspecified atom stereocenters. The van der Waals surface area contributed by atoms with E-state index in [0.29, 0.717) is 12.8 Å². The van der Waals surface area contributed by atoms with Gasteiger partial charge in [-0.15, -0.1) is 0 Å². The Morgan fingerprint density at radius 2 is 1.61 bits per heavy atom. The van der Waals surface area contributed by atoms with Crippen LogP contribution in [0.5, 0.6) is 0 Å². The zero-order valence-corrected chi connectivity index (χ0v) is 12.8. The number of alkyl halides is 2. The van der Waals surface area contributed by atoms with Gasteiger partial charge in [-0.25, -0.2) is 8.78 Å². The van der Waals surface area contributed by atoms with Gasteiger partial charge in [0.15, 0.2) is 0 Å². The van der Waals surface area contributed by atoms with Crippen molar-refractivity contribution in [3.63, 3.8) is 0 Å². The lowest BCUT2D eigenvalue weighted by Crippen LogP contribution is -2.53. The van der Waals surface area contributed by atoms with E-state index in [0.717, 1.165) is 13.0 Å². The second-order valence-corrected chi connectivity index (χ2v) is 7.72. The molecule has 108 valence electrons. The van der Waals surface area contributed by atoms with E-state index in [1.807, 2.05) is 0 Å². The first-order valence-corrected chi connectivity index (χ1v) is 7.08. The van der Waals surface area contributed by atoms with Gasteiger partial charge < -0.3 is 0 Å². The SMILES string of the molecule is CC(C)(C)C1CC(C(F)F)CCCN1C(C)(C)C. The van der Waals surface area contributed by atoms with Crippen LogP contribution in [0.3, 0.4) is 0 Å². The maximum Gasteiger partial charge on any atom is 0.241 e. The van der Waals surface area contributed by atoms with Gasteiger partial charge in [0.2, 0.25) is 6.43 Å². The second-order valence-electron chi connectivity index (χ2n) is 7.72. The third-order valence-corrected chi connectivity index (χ3v) is 4.09. The van der Waals surface area contributed by atoms with Crippen molar-refractivity contribution in [1.82, 2.24) is 4.90 Å². The number of hydrogen-bond acceptors (Lipinski definition) is 1. The molecule has 0 aromatic carbocycles. The molecule has 3 heteroatoms. The molecule has 1 saturated heterocycles. The maximum absolute atomic E-state index is 13.1. The van der Waals surface area contributed by atoms with Gasteiger partial charge in [0.25, 0.3) is 0 Å². The van der Waals surface area contributed by atoms with Gasteiger partial charge in [0, 0.05) is 17.5 Å². The molecular weight excluding hydrogens is 232 g/mol. The summed E-state index contributed by atoms with van der Waals surface area (Å²) >= 11 is 0. The summed E-state index contributed by atoms with van der Waals surface area (Å²) in [5.74, 6) is -0.429. The van der Waals surface area contributed by atoms with E-state index in [4.69, 9.17) is 0 Å². The predicted molar refractivity (Wildman–Crippen MR) is 73.0 cm³/mol. The Morgan fingerprint density at radius 3 is 2.00 bits per heavy atom. The lowest BCUT2D eigenvalue weighted by atomic mass is 9.79. The first-order valence-electron chi connectivity index (χ1n) is 7.08. The summed E-state index contributed by atoms with van der Waals surface area (Å²) in [4.78, 5) is 2.44. The molecule has 0 aromatic rings. The molecule has 0 saturated carbocycles. The monoisotopic (exact) mass is 261 g/mol. The molecule has 1 heterocycles. The van der Waals surface area contributed by atoms with Crippen LogP contribution in [0.4, 0.5) is 8.78 Å². The third-order valence-electron chi connectivity index (χ3n) is 4.09. The van der Waals surface area contributed by atoms with E-state index in [1.165, 1.54) is 0 Å². The lowest BCUT2D eigenvalue weighted by molar-refractivity contribution is 0.00134. The average Bonchev–Trinajstić information content (AvgIpc) is 2.36. The highest BCUT2D eigenvalue weighted by Gasteiger charge is 2.40. The minimum absolute atomic E-state index is 0.0464. The van der Waals surface area contributed by atoms with Gasteiger partial charge in [-0.3, -0.25) is 4.90 Å². The molecular formula is C15H29F2N. The van der Waals surface area contributed by atoms with Crippen molar-refractivity contribution < 1.29 is 8.78 Å². The molecule has 0 aromatic heterocycles. The van der Waals surface area contributed by atoms with Crippen LogP contribution in [0, 0.1) is 11.3 Å². The second kappa shape index (κ2) is 5.44. The fourth-order valence-electron chi connectivity index (χ4n) is 3.06. The largest absolute Gasteiger partial charge is 0.295 e. The Morgan fingerprint density at radius 1 is 1.06 bits per heavy atom. The van der Waals surface area contributed by atoms with Crippen LogP contribution in [-0.2, 0) is 0 Å². The van der Waals surface area contributed by atoms with Gasteiger partial charge >= 0.3 is 0 Å². The molecule has 0 radical (unpaired) electrons.